The molecule has 2 amide bonds. The Morgan fingerprint density at radius 3 is 2.55 bits per heavy atom. The molecular formula is C22H26N2O5. The summed E-state index contributed by atoms with van der Waals surface area (Å²) >= 11 is 0. The lowest BCUT2D eigenvalue weighted by Gasteiger charge is -2.31. The summed E-state index contributed by atoms with van der Waals surface area (Å²) in [4.78, 5) is 39.3. The number of piperidine rings is 1. The molecule has 29 heavy (non-hydrogen) atoms. The monoisotopic (exact) mass is 398 g/mol. The molecule has 3 rings (SSSR count). The van der Waals surface area contributed by atoms with Crippen molar-refractivity contribution in [3.63, 3.8) is 0 Å². The molecule has 1 heterocycles. The first-order chi connectivity index (χ1) is 13.9. The molecule has 0 spiro atoms. The normalized spacial score (nSPS) is 14.6. The number of rotatable bonds is 6. The molecule has 7 nitrogen and oxygen atoms in total. The van der Waals surface area contributed by atoms with Gasteiger partial charge in [-0.15, -0.1) is 0 Å². The number of carbonyl (C=O) groups excluding carboxylic acids is 2. The van der Waals surface area contributed by atoms with Crippen molar-refractivity contribution in [2.24, 2.45) is 5.92 Å². The highest BCUT2D eigenvalue weighted by atomic mass is 16.5. The van der Waals surface area contributed by atoms with Crippen molar-refractivity contribution in [2.75, 3.05) is 33.8 Å². The molecule has 1 N–H and O–H groups in total. The van der Waals surface area contributed by atoms with Gasteiger partial charge in [0.2, 0.25) is 11.8 Å². The summed E-state index contributed by atoms with van der Waals surface area (Å²) in [7, 11) is 3.23. The van der Waals surface area contributed by atoms with E-state index in [1.807, 2.05) is 36.4 Å². The number of ether oxygens (including phenoxy) is 1. The molecule has 0 aromatic heterocycles. The fourth-order valence-electron chi connectivity index (χ4n) is 3.66. The van der Waals surface area contributed by atoms with Crippen LogP contribution in [0.3, 0.4) is 0 Å². The van der Waals surface area contributed by atoms with Crippen LogP contribution < -0.4 is 4.74 Å². The van der Waals surface area contributed by atoms with E-state index >= 15 is 0 Å². The Morgan fingerprint density at radius 2 is 1.90 bits per heavy atom. The molecule has 0 bridgehead atoms. The smallest absolute Gasteiger partial charge is 0.306 e. The van der Waals surface area contributed by atoms with Gasteiger partial charge in [0.15, 0.2) is 0 Å². The summed E-state index contributed by atoms with van der Waals surface area (Å²) in [5.41, 5.74) is 0.882. The Labute approximate surface area is 169 Å². The molecule has 1 aliphatic heterocycles. The minimum Gasteiger partial charge on any atom is -0.497 e. The Morgan fingerprint density at radius 1 is 1.17 bits per heavy atom. The first-order valence-electron chi connectivity index (χ1n) is 9.69. The molecule has 0 unspecified atom stereocenters. The maximum Gasteiger partial charge on any atom is 0.306 e. The Hall–Kier alpha value is -3.09. The van der Waals surface area contributed by atoms with Crippen LogP contribution in [0.2, 0.25) is 0 Å². The summed E-state index contributed by atoms with van der Waals surface area (Å²) in [5, 5.41) is 11.0. The third-order valence-electron chi connectivity index (χ3n) is 5.52. The summed E-state index contributed by atoms with van der Waals surface area (Å²) in [5.74, 6) is -0.762. The van der Waals surface area contributed by atoms with Crippen LogP contribution >= 0.6 is 0 Å². The molecule has 2 aromatic rings. The Balaban J connectivity index is 1.62. The third-order valence-corrected chi connectivity index (χ3v) is 5.52. The first kappa shape index (κ1) is 20.6. The quantitative estimate of drug-likeness (QED) is 0.806. The number of likely N-dealkylation sites (N-methyl/N-ethyl adjacent to an activating group) is 1. The average Bonchev–Trinajstić information content (AvgIpc) is 2.73. The highest BCUT2D eigenvalue weighted by Gasteiger charge is 2.27. The lowest BCUT2D eigenvalue weighted by molar-refractivity contribution is -0.146. The zero-order valence-electron chi connectivity index (χ0n) is 16.8. The molecule has 0 atom stereocenters. The van der Waals surface area contributed by atoms with Gasteiger partial charge in [0.25, 0.3) is 0 Å². The van der Waals surface area contributed by atoms with Crippen LogP contribution in [0.1, 0.15) is 18.4 Å². The van der Waals surface area contributed by atoms with Crippen LogP contribution in [-0.4, -0.2) is 66.5 Å². The molecular weight excluding hydrogens is 372 g/mol. The Kier molecular flexibility index (Phi) is 6.36. The highest BCUT2D eigenvalue weighted by Crippen LogP contribution is 2.25. The fraction of sp³-hybridized carbons (Fsp3) is 0.409. The number of carboxylic acid groups (broad SMARTS) is 1. The summed E-state index contributed by atoms with van der Waals surface area (Å²) in [6, 6.07) is 11.6. The zero-order chi connectivity index (χ0) is 21.0. The summed E-state index contributed by atoms with van der Waals surface area (Å²) in [6.45, 7) is 0.826. The largest absolute Gasteiger partial charge is 0.497 e. The van der Waals surface area contributed by atoms with Gasteiger partial charge in [-0.3, -0.25) is 14.4 Å². The maximum absolute atomic E-state index is 12.7. The minimum atomic E-state index is -0.809. The third kappa shape index (κ3) is 4.85. The molecule has 1 saturated heterocycles. The number of fused-ring (bicyclic) bond motifs is 1. The van der Waals surface area contributed by atoms with Crippen LogP contribution in [0, 0.1) is 5.92 Å². The van der Waals surface area contributed by atoms with Crippen LogP contribution in [0.5, 0.6) is 5.75 Å². The lowest BCUT2D eigenvalue weighted by Crippen LogP contribution is -2.45. The van der Waals surface area contributed by atoms with Crippen molar-refractivity contribution in [1.29, 1.82) is 0 Å². The number of benzene rings is 2. The molecule has 1 aliphatic rings. The number of methoxy groups -OCH3 is 1. The average molecular weight is 398 g/mol. The van der Waals surface area contributed by atoms with Gasteiger partial charge in [-0.05, 0) is 41.3 Å². The lowest BCUT2D eigenvalue weighted by atomic mass is 9.97. The van der Waals surface area contributed by atoms with Crippen molar-refractivity contribution in [2.45, 2.75) is 19.3 Å². The van der Waals surface area contributed by atoms with Crippen molar-refractivity contribution in [1.82, 2.24) is 9.80 Å². The van der Waals surface area contributed by atoms with E-state index < -0.39 is 5.97 Å². The number of likely N-dealkylation sites (tertiary alicyclic amines) is 1. The van der Waals surface area contributed by atoms with E-state index in [2.05, 4.69) is 0 Å². The van der Waals surface area contributed by atoms with Gasteiger partial charge in [0.05, 0.1) is 26.0 Å². The van der Waals surface area contributed by atoms with Crippen molar-refractivity contribution in [3.8, 4) is 5.75 Å². The second kappa shape index (κ2) is 8.94. The predicted octanol–water partition coefficient (Wildman–Crippen LogP) is 2.17. The number of hydrogen-bond acceptors (Lipinski definition) is 4. The topological polar surface area (TPSA) is 87.2 Å². The molecule has 7 heteroatoms. The molecule has 2 aromatic carbocycles. The molecule has 1 fully saturated rings. The summed E-state index contributed by atoms with van der Waals surface area (Å²) < 4.78 is 5.29. The van der Waals surface area contributed by atoms with E-state index in [0.717, 1.165) is 22.1 Å². The van der Waals surface area contributed by atoms with Gasteiger partial charge in [-0.1, -0.05) is 24.3 Å². The predicted molar refractivity (Wildman–Crippen MR) is 109 cm³/mol. The van der Waals surface area contributed by atoms with Gasteiger partial charge >= 0.3 is 5.97 Å². The van der Waals surface area contributed by atoms with Gasteiger partial charge in [0, 0.05) is 20.1 Å². The van der Waals surface area contributed by atoms with E-state index in [1.54, 1.807) is 19.1 Å². The first-order valence-corrected chi connectivity index (χ1v) is 9.69. The van der Waals surface area contributed by atoms with Gasteiger partial charge in [-0.2, -0.15) is 0 Å². The number of carbonyl (C=O) groups is 3. The van der Waals surface area contributed by atoms with Gasteiger partial charge in [-0.25, -0.2) is 0 Å². The number of carboxylic acids is 1. The second-order valence-electron chi connectivity index (χ2n) is 7.42. The maximum atomic E-state index is 12.7. The number of nitrogens with zero attached hydrogens (tertiary/aromatic N) is 2. The van der Waals surface area contributed by atoms with E-state index in [1.165, 1.54) is 4.90 Å². The molecule has 0 saturated carbocycles. The van der Waals surface area contributed by atoms with Crippen molar-refractivity contribution in [3.05, 3.63) is 42.0 Å². The molecule has 0 radical (unpaired) electrons. The SMILES string of the molecule is COc1ccc2cccc(CC(=O)N(C)CC(=O)N3CCC(C(=O)O)CC3)c2c1. The Bertz CT molecular complexity index is 919. The minimum absolute atomic E-state index is 0.00927. The highest BCUT2D eigenvalue weighted by molar-refractivity contribution is 5.92. The molecule has 0 aliphatic carbocycles. The standard InChI is InChI=1S/C22H26N2O5/c1-23(14-21(26)24-10-8-16(9-11-24)22(27)28)20(25)12-17-5-3-4-15-6-7-18(29-2)13-19(15)17/h3-7,13,16H,8-12,14H2,1-2H3,(H,27,28). The summed E-state index contributed by atoms with van der Waals surface area (Å²) in [6.07, 6.45) is 1.10. The molecule has 154 valence electrons. The number of hydrogen-bond donors (Lipinski definition) is 1. The van der Waals surface area contributed by atoms with Crippen molar-refractivity contribution >= 4 is 28.6 Å². The number of amides is 2. The fourth-order valence-corrected chi connectivity index (χ4v) is 3.66. The van der Waals surface area contributed by atoms with E-state index in [-0.39, 0.29) is 30.7 Å². The van der Waals surface area contributed by atoms with Gasteiger partial charge in [0.1, 0.15) is 5.75 Å². The van der Waals surface area contributed by atoms with Crippen LogP contribution in [0.15, 0.2) is 36.4 Å². The van der Waals surface area contributed by atoms with Crippen LogP contribution in [0.4, 0.5) is 0 Å². The van der Waals surface area contributed by atoms with Crippen LogP contribution in [-0.2, 0) is 20.8 Å². The van der Waals surface area contributed by atoms with Crippen molar-refractivity contribution < 1.29 is 24.2 Å². The van der Waals surface area contributed by atoms with Gasteiger partial charge < -0.3 is 19.6 Å². The van der Waals surface area contributed by atoms with E-state index in [0.29, 0.717) is 25.9 Å². The van der Waals surface area contributed by atoms with E-state index in [4.69, 9.17) is 9.84 Å². The number of aliphatic carboxylic acids is 1. The second-order valence-corrected chi connectivity index (χ2v) is 7.42. The van der Waals surface area contributed by atoms with E-state index in [9.17, 15) is 14.4 Å². The zero-order valence-corrected chi connectivity index (χ0v) is 16.8. The van der Waals surface area contributed by atoms with Crippen LogP contribution in [0.25, 0.3) is 10.8 Å².